The van der Waals surface area contributed by atoms with Crippen LogP contribution < -0.4 is 0 Å². The summed E-state index contributed by atoms with van der Waals surface area (Å²) in [5.74, 6) is 1.38. The number of hydrogen-bond donors (Lipinski definition) is 1. The highest BCUT2D eigenvalue weighted by Gasteiger charge is 2.49. The minimum Gasteiger partial charge on any atom is -0.395 e. The predicted octanol–water partition coefficient (Wildman–Crippen LogP) is 3.38. The van der Waals surface area contributed by atoms with Gasteiger partial charge >= 0.3 is 0 Å². The second kappa shape index (κ2) is 7.94. The predicted molar refractivity (Wildman–Crippen MR) is 112 cm³/mol. The number of hydrogen-bond acceptors (Lipinski definition) is 4. The van der Waals surface area contributed by atoms with Crippen molar-refractivity contribution >= 4 is 0 Å². The highest BCUT2D eigenvalue weighted by molar-refractivity contribution is 5.62. The van der Waals surface area contributed by atoms with Crippen LogP contribution in [0.4, 0.5) is 0 Å². The molecule has 2 aromatic rings. The van der Waals surface area contributed by atoms with Gasteiger partial charge in [-0.05, 0) is 67.4 Å². The van der Waals surface area contributed by atoms with Crippen LogP contribution in [0.3, 0.4) is 0 Å². The Kier molecular flexibility index (Phi) is 5.19. The number of benzene rings is 1. The topological polar surface area (TPSA) is 39.6 Å². The average Bonchev–Trinajstić information content (AvgIpc) is 3.54. The van der Waals surface area contributed by atoms with E-state index in [1.54, 1.807) is 0 Å². The Labute approximate surface area is 168 Å². The summed E-state index contributed by atoms with van der Waals surface area (Å²) >= 11 is 0. The molecule has 28 heavy (non-hydrogen) atoms. The lowest BCUT2D eigenvalue weighted by molar-refractivity contribution is -0.0649. The van der Waals surface area contributed by atoms with Crippen molar-refractivity contribution < 1.29 is 5.11 Å². The standard InChI is InChI=1S/C24H31N3O/c28-17-23-24(20-9-7-19(8-10-20)21-4-3-11-25-14-21)22-16-26(15-18-5-6-18)12-1-2-13-27(22)23/h3-4,7-11,14,18,22-24,28H,1-2,5-6,12-13,15-17H2/t22-,23-,24+/m0/s1. The number of fused-ring (bicyclic) bond motifs is 1. The van der Waals surface area contributed by atoms with Gasteiger partial charge in [0.25, 0.3) is 0 Å². The quantitative estimate of drug-likeness (QED) is 0.867. The molecule has 0 bridgehead atoms. The lowest BCUT2D eigenvalue weighted by Crippen LogP contribution is -2.67. The maximum atomic E-state index is 10.1. The summed E-state index contributed by atoms with van der Waals surface area (Å²) in [6, 6.07) is 13.9. The molecular weight excluding hydrogens is 346 g/mol. The van der Waals surface area contributed by atoms with Gasteiger partial charge in [0, 0.05) is 43.5 Å². The van der Waals surface area contributed by atoms with E-state index in [2.05, 4.69) is 45.1 Å². The monoisotopic (exact) mass is 377 g/mol. The van der Waals surface area contributed by atoms with Crippen LogP contribution in [0.5, 0.6) is 0 Å². The smallest absolute Gasteiger partial charge is 0.0593 e. The van der Waals surface area contributed by atoms with Crippen LogP contribution in [-0.2, 0) is 0 Å². The van der Waals surface area contributed by atoms with Gasteiger partial charge in [0.1, 0.15) is 0 Å². The molecule has 1 saturated carbocycles. The fourth-order valence-corrected chi connectivity index (χ4v) is 5.27. The molecule has 3 atom stereocenters. The molecule has 2 saturated heterocycles. The van der Waals surface area contributed by atoms with Crippen molar-refractivity contribution in [3.8, 4) is 11.1 Å². The molecule has 3 fully saturated rings. The molecule has 3 heterocycles. The molecule has 0 radical (unpaired) electrons. The zero-order chi connectivity index (χ0) is 18.9. The number of nitrogens with zero attached hydrogens (tertiary/aromatic N) is 3. The third-order valence-electron chi connectivity index (χ3n) is 6.96. The maximum Gasteiger partial charge on any atom is 0.0593 e. The third-order valence-corrected chi connectivity index (χ3v) is 6.96. The highest BCUT2D eigenvalue weighted by atomic mass is 16.3. The average molecular weight is 378 g/mol. The minimum atomic E-state index is 0.258. The number of aliphatic hydroxyl groups is 1. The van der Waals surface area contributed by atoms with Gasteiger partial charge < -0.3 is 10.0 Å². The van der Waals surface area contributed by atoms with E-state index >= 15 is 0 Å². The molecule has 148 valence electrons. The zero-order valence-corrected chi connectivity index (χ0v) is 16.6. The van der Waals surface area contributed by atoms with E-state index in [0.717, 1.165) is 24.6 Å². The van der Waals surface area contributed by atoms with Crippen molar-refractivity contribution in [2.24, 2.45) is 5.92 Å². The van der Waals surface area contributed by atoms with Gasteiger partial charge in [-0.15, -0.1) is 0 Å². The van der Waals surface area contributed by atoms with Crippen LogP contribution in [0.15, 0.2) is 48.8 Å². The van der Waals surface area contributed by atoms with Gasteiger partial charge in [0.05, 0.1) is 6.61 Å². The molecule has 1 aromatic heterocycles. The third kappa shape index (κ3) is 3.61. The minimum absolute atomic E-state index is 0.258. The van der Waals surface area contributed by atoms with Crippen molar-refractivity contribution in [2.75, 3.05) is 32.8 Å². The fraction of sp³-hybridized carbons (Fsp3) is 0.542. The number of aromatic nitrogens is 1. The first-order valence-corrected chi connectivity index (χ1v) is 10.9. The van der Waals surface area contributed by atoms with Crippen molar-refractivity contribution in [1.29, 1.82) is 0 Å². The van der Waals surface area contributed by atoms with E-state index in [0.29, 0.717) is 12.0 Å². The van der Waals surface area contributed by atoms with Gasteiger partial charge in [-0.3, -0.25) is 9.88 Å². The van der Waals surface area contributed by atoms with Crippen LogP contribution in [0.25, 0.3) is 11.1 Å². The molecule has 4 nitrogen and oxygen atoms in total. The van der Waals surface area contributed by atoms with E-state index in [4.69, 9.17) is 0 Å². The Hall–Kier alpha value is -1.75. The lowest BCUT2D eigenvalue weighted by Gasteiger charge is -2.57. The molecule has 2 aliphatic heterocycles. The van der Waals surface area contributed by atoms with E-state index in [-0.39, 0.29) is 12.6 Å². The van der Waals surface area contributed by atoms with Gasteiger partial charge in [-0.2, -0.15) is 0 Å². The summed E-state index contributed by atoms with van der Waals surface area (Å²) in [5.41, 5.74) is 3.74. The first kappa shape index (κ1) is 18.3. The second-order valence-corrected chi connectivity index (χ2v) is 8.85. The summed E-state index contributed by atoms with van der Waals surface area (Å²) in [6.07, 6.45) is 9.11. The van der Waals surface area contributed by atoms with Crippen molar-refractivity contribution in [3.05, 3.63) is 54.4 Å². The molecule has 0 amide bonds. The molecule has 1 aliphatic carbocycles. The number of rotatable bonds is 5. The van der Waals surface area contributed by atoms with E-state index in [1.165, 1.54) is 49.9 Å². The Morgan fingerprint density at radius 2 is 1.82 bits per heavy atom. The van der Waals surface area contributed by atoms with Crippen LogP contribution in [0.1, 0.15) is 37.2 Å². The van der Waals surface area contributed by atoms with E-state index in [9.17, 15) is 5.11 Å². The highest BCUT2D eigenvalue weighted by Crippen LogP contribution is 2.42. The summed E-state index contributed by atoms with van der Waals surface area (Å²) in [6.45, 7) is 5.08. The number of aliphatic hydroxyl groups excluding tert-OH is 1. The Morgan fingerprint density at radius 1 is 1.00 bits per heavy atom. The van der Waals surface area contributed by atoms with Crippen LogP contribution in [0, 0.1) is 5.92 Å². The molecule has 1 N–H and O–H groups in total. The summed E-state index contributed by atoms with van der Waals surface area (Å²) < 4.78 is 0. The van der Waals surface area contributed by atoms with Crippen molar-refractivity contribution in [1.82, 2.24) is 14.8 Å². The van der Waals surface area contributed by atoms with Crippen molar-refractivity contribution in [2.45, 2.75) is 43.7 Å². The van der Waals surface area contributed by atoms with Gasteiger partial charge in [0.15, 0.2) is 0 Å². The van der Waals surface area contributed by atoms with Gasteiger partial charge in [-0.25, -0.2) is 0 Å². The van der Waals surface area contributed by atoms with E-state index < -0.39 is 0 Å². The maximum absolute atomic E-state index is 10.1. The SMILES string of the molecule is OC[C@H]1[C@H](c2ccc(-c3cccnc3)cc2)[C@@H]2CN(CC3CC3)CCCCN12. The summed E-state index contributed by atoms with van der Waals surface area (Å²) in [7, 11) is 0. The fourth-order valence-electron chi connectivity index (χ4n) is 5.27. The summed E-state index contributed by atoms with van der Waals surface area (Å²) in [5, 5.41) is 10.1. The van der Waals surface area contributed by atoms with Crippen LogP contribution >= 0.6 is 0 Å². The Morgan fingerprint density at radius 3 is 2.54 bits per heavy atom. The molecule has 5 rings (SSSR count). The molecule has 4 heteroatoms. The number of pyridine rings is 1. The van der Waals surface area contributed by atoms with Gasteiger partial charge in [-0.1, -0.05) is 30.3 Å². The van der Waals surface area contributed by atoms with E-state index in [1.807, 2.05) is 18.5 Å². The summed E-state index contributed by atoms with van der Waals surface area (Å²) in [4.78, 5) is 9.53. The molecule has 0 unspecified atom stereocenters. The zero-order valence-electron chi connectivity index (χ0n) is 16.6. The normalized spacial score (nSPS) is 28.8. The second-order valence-electron chi connectivity index (χ2n) is 8.85. The van der Waals surface area contributed by atoms with Crippen LogP contribution in [-0.4, -0.2) is 64.8 Å². The Balaban J connectivity index is 1.36. The largest absolute Gasteiger partial charge is 0.395 e. The molecule has 3 aliphatic rings. The first-order valence-electron chi connectivity index (χ1n) is 10.9. The van der Waals surface area contributed by atoms with Gasteiger partial charge in [0.2, 0.25) is 0 Å². The molecule has 1 aromatic carbocycles. The lowest BCUT2D eigenvalue weighted by atomic mass is 9.74. The molecule has 0 spiro atoms. The first-order chi connectivity index (χ1) is 13.8. The molecular formula is C24H31N3O. The Bertz CT molecular complexity index is 774. The van der Waals surface area contributed by atoms with Crippen LogP contribution in [0.2, 0.25) is 0 Å². The van der Waals surface area contributed by atoms with Crippen molar-refractivity contribution in [3.63, 3.8) is 0 Å².